The zero-order valence-electron chi connectivity index (χ0n) is 12.7. The number of esters is 1. The third-order valence-electron chi connectivity index (χ3n) is 3.69. The highest BCUT2D eigenvalue weighted by atomic mass is 16.5. The van der Waals surface area contributed by atoms with E-state index in [-0.39, 0.29) is 23.5 Å². The topological polar surface area (TPSA) is 88.8 Å². The molecule has 0 bridgehead atoms. The van der Waals surface area contributed by atoms with Crippen molar-refractivity contribution in [2.75, 3.05) is 7.11 Å². The predicted octanol–water partition coefficient (Wildman–Crippen LogP) is 2.38. The summed E-state index contributed by atoms with van der Waals surface area (Å²) in [6.45, 7) is 3.50. The largest absolute Gasteiger partial charge is 0.511 e. The van der Waals surface area contributed by atoms with Gasteiger partial charge in [-0.2, -0.15) is 0 Å². The molecule has 6 heteroatoms. The Morgan fingerprint density at radius 2 is 2.09 bits per heavy atom. The summed E-state index contributed by atoms with van der Waals surface area (Å²) in [4.78, 5) is 32.2. The molecule has 1 aliphatic rings. The number of pyridine rings is 1. The van der Waals surface area contributed by atoms with Crippen LogP contribution in [0.25, 0.3) is 0 Å². The summed E-state index contributed by atoms with van der Waals surface area (Å²) >= 11 is 0. The predicted molar refractivity (Wildman–Crippen MR) is 81.0 cm³/mol. The highest BCUT2D eigenvalue weighted by Crippen LogP contribution is 2.41. The number of aliphatic hydroxyl groups excluding tert-OH is 1. The Labute approximate surface area is 128 Å². The fourth-order valence-corrected chi connectivity index (χ4v) is 2.54. The van der Waals surface area contributed by atoms with Crippen LogP contribution in [0.1, 0.15) is 20.3 Å². The number of ether oxygens (including phenoxy) is 1. The van der Waals surface area contributed by atoms with Crippen LogP contribution in [0.15, 0.2) is 40.9 Å². The highest BCUT2D eigenvalue weighted by Gasteiger charge is 2.46. The number of aliphatic imine (C=N–C) groups is 1. The van der Waals surface area contributed by atoms with Gasteiger partial charge in [0.05, 0.1) is 18.4 Å². The van der Waals surface area contributed by atoms with Gasteiger partial charge < -0.3 is 9.84 Å². The number of carbonyl (C=O) groups excluding carboxylic acids is 2. The lowest BCUT2D eigenvalue weighted by Crippen LogP contribution is -2.40. The van der Waals surface area contributed by atoms with Crippen molar-refractivity contribution in [3.8, 4) is 0 Å². The number of ketones is 1. The number of nitrogens with zero attached hydrogens (tertiary/aromatic N) is 2. The van der Waals surface area contributed by atoms with Gasteiger partial charge in [0.25, 0.3) is 0 Å². The summed E-state index contributed by atoms with van der Waals surface area (Å²) in [6.07, 6.45) is 4.57. The van der Waals surface area contributed by atoms with Crippen LogP contribution >= 0.6 is 0 Å². The maximum atomic E-state index is 12.2. The molecule has 0 unspecified atom stereocenters. The molecule has 1 heterocycles. The van der Waals surface area contributed by atoms with E-state index in [1.807, 2.05) is 0 Å². The van der Waals surface area contributed by atoms with Crippen molar-refractivity contribution in [1.82, 2.24) is 4.98 Å². The molecule has 6 nitrogen and oxygen atoms in total. The van der Waals surface area contributed by atoms with Gasteiger partial charge in [-0.25, -0.2) is 0 Å². The monoisotopic (exact) mass is 302 g/mol. The van der Waals surface area contributed by atoms with Crippen molar-refractivity contribution in [3.63, 3.8) is 0 Å². The van der Waals surface area contributed by atoms with E-state index >= 15 is 0 Å². The molecule has 2 rings (SSSR count). The van der Waals surface area contributed by atoms with Crippen molar-refractivity contribution in [1.29, 1.82) is 0 Å². The minimum Gasteiger partial charge on any atom is -0.511 e. The molecule has 0 aromatic carbocycles. The minimum absolute atomic E-state index is 0.0477. The first kappa shape index (κ1) is 15.9. The number of hydrogen-bond donors (Lipinski definition) is 1. The maximum Gasteiger partial charge on any atom is 0.316 e. The lowest BCUT2D eigenvalue weighted by Gasteiger charge is -2.35. The van der Waals surface area contributed by atoms with E-state index in [0.29, 0.717) is 5.69 Å². The van der Waals surface area contributed by atoms with Crippen LogP contribution in [0.4, 0.5) is 5.69 Å². The van der Waals surface area contributed by atoms with Gasteiger partial charge in [0.1, 0.15) is 11.7 Å². The van der Waals surface area contributed by atoms with Crippen LogP contribution in [-0.4, -0.2) is 35.2 Å². The third-order valence-corrected chi connectivity index (χ3v) is 3.69. The Kier molecular flexibility index (Phi) is 4.40. The van der Waals surface area contributed by atoms with Crippen LogP contribution in [0.5, 0.6) is 0 Å². The van der Waals surface area contributed by atoms with Gasteiger partial charge >= 0.3 is 5.97 Å². The summed E-state index contributed by atoms with van der Waals surface area (Å²) in [5, 5.41) is 10.4. The number of aliphatic hydroxyl groups is 1. The summed E-state index contributed by atoms with van der Waals surface area (Å²) < 4.78 is 4.74. The molecule has 1 atom stereocenters. The van der Waals surface area contributed by atoms with Crippen molar-refractivity contribution in [2.45, 2.75) is 20.3 Å². The Bertz CT molecular complexity index is 647. The zero-order chi connectivity index (χ0) is 16.3. The maximum absolute atomic E-state index is 12.2. The lowest BCUT2D eigenvalue weighted by atomic mass is 9.68. The molecule has 0 amide bonds. The number of hydrogen-bond acceptors (Lipinski definition) is 6. The van der Waals surface area contributed by atoms with Gasteiger partial charge in [0, 0.05) is 25.0 Å². The summed E-state index contributed by atoms with van der Waals surface area (Å²) in [5.41, 5.74) is -0.0588. The third kappa shape index (κ3) is 3.05. The SMILES string of the molecule is COC(=O)[C@@H]1C(O)=C(C=Nc2ccncc2)C(=O)CC1(C)C. The smallest absolute Gasteiger partial charge is 0.316 e. The fourth-order valence-electron chi connectivity index (χ4n) is 2.54. The Morgan fingerprint density at radius 3 is 2.68 bits per heavy atom. The number of methoxy groups -OCH3 is 1. The number of Topliss-reactive ketones (excluding diaryl/α,β-unsaturated/α-hetero) is 1. The van der Waals surface area contributed by atoms with E-state index in [1.54, 1.807) is 38.4 Å². The fraction of sp³-hybridized carbons (Fsp3) is 0.375. The Balaban J connectivity index is 2.41. The van der Waals surface area contributed by atoms with E-state index < -0.39 is 17.3 Å². The standard InChI is InChI=1S/C16H18N2O4/c1-16(2)8-12(19)11(14(20)13(16)15(21)22-3)9-18-10-4-6-17-7-5-10/h4-7,9,13,20H,8H2,1-3H3/t13-/m0/s1. The molecule has 1 N–H and O–H groups in total. The number of rotatable bonds is 3. The summed E-state index contributed by atoms with van der Waals surface area (Å²) in [5.74, 6) is -1.98. The zero-order valence-corrected chi connectivity index (χ0v) is 12.7. The quantitative estimate of drug-likeness (QED) is 0.684. The average Bonchev–Trinajstić information content (AvgIpc) is 2.46. The van der Waals surface area contributed by atoms with E-state index in [9.17, 15) is 14.7 Å². The minimum atomic E-state index is -0.880. The molecule has 0 saturated heterocycles. The molecule has 0 fully saturated rings. The first-order chi connectivity index (χ1) is 10.4. The van der Waals surface area contributed by atoms with Gasteiger partial charge in [-0.15, -0.1) is 0 Å². The van der Waals surface area contributed by atoms with E-state index in [4.69, 9.17) is 4.74 Å². The molecule has 116 valence electrons. The normalized spacial score (nSPS) is 21.2. The lowest BCUT2D eigenvalue weighted by molar-refractivity contribution is -0.150. The van der Waals surface area contributed by atoms with Crippen LogP contribution in [0.3, 0.4) is 0 Å². The first-order valence-corrected chi connectivity index (χ1v) is 6.85. The van der Waals surface area contributed by atoms with Gasteiger partial charge in [-0.05, 0) is 17.5 Å². The molecule has 0 spiro atoms. The second-order valence-corrected chi connectivity index (χ2v) is 5.81. The van der Waals surface area contributed by atoms with Crippen molar-refractivity contribution < 1.29 is 19.4 Å². The molecular weight excluding hydrogens is 284 g/mol. The van der Waals surface area contributed by atoms with E-state index in [1.165, 1.54) is 13.3 Å². The first-order valence-electron chi connectivity index (χ1n) is 6.85. The van der Waals surface area contributed by atoms with Crippen LogP contribution in [0.2, 0.25) is 0 Å². The number of aromatic nitrogens is 1. The van der Waals surface area contributed by atoms with Crippen LogP contribution in [-0.2, 0) is 14.3 Å². The van der Waals surface area contributed by atoms with E-state index in [2.05, 4.69) is 9.98 Å². The molecule has 0 radical (unpaired) electrons. The van der Waals surface area contributed by atoms with Gasteiger partial charge in [0.2, 0.25) is 0 Å². The van der Waals surface area contributed by atoms with Crippen LogP contribution in [0, 0.1) is 11.3 Å². The number of carbonyl (C=O) groups is 2. The summed E-state index contributed by atoms with van der Waals surface area (Å²) in [6, 6.07) is 3.34. The molecular formula is C16H18N2O4. The molecule has 0 aliphatic heterocycles. The highest BCUT2D eigenvalue weighted by molar-refractivity contribution is 6.15. The van der Waals surface area contributed by atoms with Crippen molar-refractivity contribution in [3.05, 3.63) is 35.9 Å². The molecule has 1 aromatic rings. The summed E-state index contributed by atoms with van der Waals surface area (Å²) in [7, 11) is 1.26. The van der Waals surface area contributed by atoms with Crippen molar-refractivity contribution in [2.24, 2.45) is 16.3 Å². The molecule has 1 aromatic heterocycles. The molecule has 0 saturated carbocycles. The van der Waals surface area contributed by atoms with Gasteiger partial charge in [0.15, 0.2) is 5.78 Å². The van der Waals surface area contributed by atoms with Gasteiger partial charge in [-0.1, -0.05) is 13.8 Å². The Hall–Kier alpha value is -2.50. The average molecular weight is 302 g/mol. The van der Waals surface area contributed by atoms with Gasteiger partial charge in [-0.3, -0.25) is 19.6 Å². The second kappa shape index (κ2) is 6.09. The second-order valence-electron chi connectivity index (χ2n) is 5.81. The van der Waals surface area contributed by atoms with E-state index in [0.717, 1.165) is 0 Å². The van der Waals surface area contributed by atoms with Crippen LogP contribution < -0.4 is 0 Å². The van der Waals surface area contributed by atoms with Crippen molar-refractivity contribution >= 4 is 23.7 Å². The number of allylic oxidation sites excluding steroid dienone is 1. The molecule has 1 aliphatic carbocycles. The Morgan fingerprint density at radius 1 is 1.45 bits per heavy atom. The molecule has 22 heavy (non-hydrogen) atoms.